The van der Waals surface area contributed by atoms with Crippen LogP contribution in [0.1, 0.15) is 29.4 Å². The van der Waals surface area contributed by atoms with E-state index in [1.54, 1.807) is 7.11 Å². The molecule has 1 N–H and O–H groups in total. The third-order valence-electron chi connectivity index (χ3n) is 3.12. The molecule has 0 atom stereocenters. The molecule has 22 heavy (non-hydrogen) atoms. The van der Waals surface area contributed by atoms with E-state index in [0.717, 1.165) is 17.7 Å². The van der Waals surface area contributed by atoms with Gasteiger partial charge in [-0.05, 0) is 30.2 Å². The molecule has 0 fully saturated rings. The first kappa shape index (κ1) is 15.8. The summed E-state index contributed by atoms with van der Waals surface area (Å²) in [5, 5.41) is 6.86. The maximum absolute atomic E-state index is 12.1. The zero-order valence-corrected chi connectivity index (χ0v) is 12.7. The van der Waals surface area contributed by atoms with Crippen molar-refractivity contribution in [3.8, 4) is 5.75 Å². The molecule has 2 aromatic rings. The molecule has 0 saturated heterocycles. The summed E-state index contributed by atoms with van der Waals surface area (Å²) in [5.74, 6) is 0.425. The minimum atomic E-state index is -0.312. The number of aryl methyl sites for hydroxylation is 1. The second kappa shape index (κ2) is 7.40. The number of methoxy groups -OCH3 is 1. The average Bonchev–Trinajstić information content (AvgIpc) is 2.55. The Bertz CT molecular complexity index is 710. The van der Waals surface area contributed by atoms with Gasteiger partial charge in [0, 0.05) is 19.2 Å². The summed E-state index contributed by atoms with van der Waals surface area (Å²) in [4.78, 5) is 23.7. The van der Waals surface area contributed by atoms with Gasteiger partial charge in [-0.1, -0.05) is 19.1 Å². The standard InChI is InChI=1S/C16H19N3O3/c1-3-9-19-15(20)8-7-14(18-19)16(21)17-11-12-5-4-6-13(10-12)22-2/h4-8,10H,3,9,11H2,1-2H3,(H,17,21). The van der Waals surface area contributed by atoms with Crippen LogP contribution in [0.25, 0.3) is 0 Å². The Morgan fingerprint density at radius 2 is 2.14 bits per heavy atom. The Balaban J connectivity index is 2.05. The number of carbonyl (C=O) groups is 1. The number of carbonyl (C=O) groups excluding carboxylic acids is 1. The van der Waals surface area contributed by atoms with E-state index < -0.39 is 0 Å². The van der Waals surface area contributed by atoms with E-state index >= 15 is 0 Å². The van der Waals surface area contributed by atoms with Gasteiger partial charge in [-0.3, -0.25) is 9.59 Å². The molecule has 116 valence electrons. The molecule has 1 aromatic heterocycles. The lowest BCUT2D eigenvalue weighted by molar-refractivity contribution is 0.0943. The number of nitrogens with one attached hydrogen (secondary N) is 1. The normalized spacial score (nSPS) is 10.3. The summed E-state index contributed by atoms with van der Waals surface area (Å²) in [6.45, 7) is 2.81. The largest absolute Gasteiger partial charge is 0.497 e. The summed E-state index contributed by atoms with van der Waals surface area (Å²) in [5.41, 5.74) is 0.955. The van der Waals surface area contributed by atoms with Crippen LogP contribution in [0.5, 0.6) is 5.75 Å². The van der Waals surface area contributed by atoms with Gasteiger partial charge >= 0.3 is 0 Å². The Hall–Kier alpha value is -2.63. The fraction of sp³-hybridized carbons (Fsp3) is 0.312. The molecule has 0 aliphatic rings. The maximum atomic E-state index is 12.1. The number of ether oxygens (including phenoxy) is 1. The van der Waals surface area contributed by atoms with Crippen molar-refractivity contribution in [2.24, 2.45) is 0 Å². The lowest BCUT2D eigenvalue weighted by Gasteiger charge is -2.08. The highest BCUT2D eigenvalue weighted by atomic mass is 16.5. The van der Waals surface area contributed by atoms with Gasteiger partial charge < -0.3 is 10.1 Å². The predicted molar refractivity (Wildman–Crippen MR) is 83.0 cm³/mol. The molecule has 0 radical (unpaired) electrons. The molecule has 0 unspecified atom stereocenters. The van der Waals surface area contributed by atoms with Crippen molar-refractivity contribution in [1.29, 1.82) is 0 Å². The highest BCUT2D eigenvalue weighted by Crippen LogP contribution is 2.12. The highest BCUT2D eigenvalue weighted by Gasteiger charge is 2.09. The SMILES string of the molecule is CCCn1nc(C(=O)NCc2cccc(OC)c2)ccc1=O. The van der Waals surface area contributed by atoms with Crippen LogP contribution in [0.2, 0.25) is 0 Å². The van der Waals surface area contributed by atoms with Gasteiger partial charge in [0.15, 0.2) is 0 Å². The summed E-state index contributed by atoms with van der Waals surface area (Å²) in [7, 11) is 1.60. The van der Waals surface area contributed by atoms with Crippen LogP contribution < -0.4 is 15.6 Å². The van der Waals surface area contributed by atoms with E-state index in [1.807, 2.05) is 31.2 Å². The maximum Gasteiger partial charge on any atom is 0.271 e. The zero-order valence-electron chi connectivity index (χ0n) is 12.7. The molecule has 1 heterocycles. The minimum absolute atomic E-state index is 0.203. The van der Waals surface area contributed by atoms with Crippen LogP contribution in [0.4, 0.5) is 0 Å². The zero-order chi connectivity index (χ0) is 15.9. The monoisotopic (exact) mass is 301 g/mol. The molecule has 0 aliphatic heterocycles. The number of rotatable bonds is 6. The second-order valence-corrected chi connectivity index (χ2v) is 4.81. The molecule has 6 nitrogen and oxygen atoms in total. The van der Waals surface area contributed by atoms with E-state index in [9.17, 15) is 9.59 Å². The third-order valence-corrected chi connectivity index (χ3v) is 3.12. The fourth-order valence-corrected chi connectivity index (χ4v) is 2.00. The van der Waals surface area contributed by atoms with Crippen LogP contribution in [-0.4, -0.2) is 22.8 Å². The molecule has 0 saturated carbocycles. The lowest BCUT2D eigenvalue weighted by atomic mass is 10.2. The second-order valence-electron chi connectivity index (χ2n) is 4.81. The predicted octanol–water partition coefficient (Wildman–Crippen LogP) is 1.59. The molecule has 0 spiro atoms. The number of aromatic nitrogens is 2. The number of nitrogens with zero attached hydrogens (tertiary/aromatic N) is 2. The highest BCUT2D eigenvalue weighted by molar-refractivity contribution is 5.91. The van der Waals surface area contributed by atoms with Gasteiger partial charge in [0.1, 0.15) is 11.4 Å². The first-order valence-corrected chi connectivity index (χ1v) is 7.13. The third kappa shape index (κ3) is 3.94. The molecule has 2 rings (SSSR count). The first-order valence-electron chi connectivity index (χ1n) is 7.13. The smallest absolute Gasteiger partial charge is 0.271 e. The first-order chi connectivity index (χ1) is 10.6. The molecular weight excluding hydrogens is 282 g/mol. The minimum Gasteiger partial charge on any atom is -0.497 e. The summed E-state index contributed by atoms with van der Waals surface area (Å²) >= 11 is 0. The number of benzene rings is 1. The lowest BCUT2D eigenvalue weighted by Crippen LogP contribution is -2.29. The Morgan fingerprint density at radius 3 is 2.86 bits per heavy atom. The Kier molecular flexibility index (Phi) is 5.30. The van der Waals surface area contributed by atoms with E-state index in [4.69, 9.17) is 4.74 Å². The van der Waals surface area contributed by atoms with Gasteiger partial charge in [0.05, 0.1) is 7.11 Å². The molecular formula is C16H19N3O3. The van der Waals surface area contributed by atoms with E-state index in [2.05, 4.69) is 10.4 Å². The topological polar surface area (TPSA) is 73.2 Å². The van der Waals surface area contributed by atoms with Gasteiger partial charge in [-0.15, -0.1) is 0 Å². The van der Waals surface area contributed by atoms with Crippen molar-refractivity contribution in [2.45, 2.75) is 26.4 Å². The summed E-state index contributed by atoms with van der Waals surface area (Å²) in [6, 6.07) is 10.3. The summed E-state index contributed by atoms with van der Waals surface area (Å²) < 4.78 is 6.44. The van der Waals surface area contributed by atoms with Crippen LogP contribution in [0.3, 0.4) is 0 Å². The number of hydrogen-bond acceptors (Lipinski definition) is 4. The Labute approximate surface area is 128 Å². The van der Waals surface area contributed by atoms with E-state index in [1.165, 1.54) is 16.8 Å². The van der Waals surface area contributed by atoms with Crippen LogP contribution in [0, 0.1) is 0 Å². The van der Waals surface area contributed by atoms with Crippen molar-refractivity contribution in [1.82, 2.24) is 15.1 Å². The molecule has 1 aromatic carbocycles. The molecule has 0 aliphatic carbocycles. The van der Waals surface area contributed by atoms with Gasteiger partial charge in [0.25, 0.3) is 11.5 Å². The van der Waals surface area contributed by atoms with Gasteiger partial charge in [-0.25, -0.2) is 4.68 Å². The number of amides is 1. The Morgan fingerprint density at radius 1 is 1.32 bits per heavy atom. The van der Waals surface area contributed by atoms with Crippen molar-refractivity contribution in [3.63, 3.8) is 0 Å². The fourth-order valence-electron chi connectivity index (χ4n) is 2.00. The van der Waals surface area contributed by atoms with Crippen molar-refractivity contribution >= 4 is 5.91 Å². The van der Waals surface area contributed by atoms with Crippen LogP contribution >= 0.6 is 0 Å². The van der Waals surface area contributed by atoms with Crippen molar-refractivity contribution in [2.75, 3.05) is 7.11 Å². The van der Waals surface area contributed by atoms with Crippen molar-refractivity contribution < 1.29 is 9.53 Å². The van der Waals surface area contributed by atoms with Gasteiger partial charge in [0.2, 0.25) is 0 Å². The van der Waals surface area contributed by atoms with Gasteiger partial charge in [-0.2, -0.15) is 5.10 Å². The number of hydrogen-bond donors (Lipinski definition) is 1. The van der Waals surface area contributed by atoms with E-state index in [0.29, 0.717) is 13.1 Å². The van der Waals surface area contributed by atoms with E-state index in [-0.39, 0.29) is 17.2 Å². The summed E-state index contributed by atoms with van der Waals surface area (Å²) in [6.07, 6.45) is 0.780. The molecule has 6 heteroatoms. The van der Waals surface area contributed by atoms with Crippen LogP contribution in [-0.2, 0) is 13.1 Å². The van der Waals surface area contributed by atoms with Crippen molar-refractivity contribution in [3.05, 3.63) is 58.0 Å². The van der Waals surface area contributed by atoms with Crippen LogP contribution in [0.15, 0.2) is 41.2 Å². The molecule has 0 bridgehead atoms. The molecule has 1 amide bonds. The average molecular weight is 301 g/mol. The quantitative estimate of drug-likeness (QED) is 0.879.